The van der Waals surface area contributed by atoms with Crippen molar-refractivity contribution >= 4 is 77.7 Å². The van der Waals surface area contributed by atoms with Crippen LogP contribution in [-0.2, 0) is 0 Å². The highest BCUT2D eigenvalue weighted by Crippen LogP contribution is 2.44. The maximum absolute atomic E-state index is 2.40. The van der Waals surface area contributed by atoms with E-state index >= 15 is 0 Å². The van der Waals surface area contributed by atoms with Crippen LogP contribution in [0.25, 0.3) is 88.4 Å². The van der Waals surface area contributed by atoms with Gasteiger partial charge in [-0.25, -0.2) is 0 Å². The molecule has 0 amide bonds. The summed E-state index contributed by atoms with van der Waals surface area (Å²) < 4.78 is 4.75. The van der Waals surface area contributed by atoms with Crippen molar-refractivity contribution in [2.75, 3.05) is 9.80 Å². The van der Waals surface area contributed by atoms with Crippen molar-refractivity contribution in [3.8, 4) is 44.8 Å². The lowest BCUT2D eigenvalue weighted by molar-refractivity contribution is 1.18. The van der Waals surface area contributed by atoms with Gasteiger partial charge in [-0.05, 0) is 162 Å². The molecule has 0 saturated carbocycles. The zero-order valence-corrected chi connectivity index (χ0v) is 42.6. The summed E-state index contributed by atoms with van der Waals surface area (Å²) >= 11 is 0. The van der Waals surface area contributed by atoms with Crippen LogP contribution < -0.4 is 9.80 Å². The summed E-state index contributed by atoms with van der Waals surface area (Å²) in [5, 5.41) is 4.86. The fourth-order valence-corrected chi connectivity index (χ4v) is 11.5. The Bertz CT molecular complexity index is 4440. The molecule has 0 aliphatic rings. The van der Waals surface area contributed by atoms with Gasteiger partial charge in [-0.3, -0.25) is 0 Å². The van der Waals surface area contributed by atoms with Crippen LogP contribution in [0.5, 0.6) is 0 Å². The van der Waals surface area contributed by atoms with E-state index in [4.69, 9.17) is 0 Å². The summed E-state index contributed by atoms with van der Waals surface area (Å²) in [6, 6.07) is 108. The van der Waals surface area contributed by atoms with Gasteiger partial charge in [-0.15, -0.1) is 0 Å². The van der Waals surface area contributed by atoms with Crippen molar-refractivity contribution < 1.29 is 0 Å². The lowest BCUT2D eigenvalue weighted by Crippen LogP contribution is -2.10. The van der Waals surface area contributed by atoms with Crippen LogP contribution in [0.2, 0.25) is 0 Å². The molecule has 2 heterocycles. The van der Waals surface area contributed by atoms with Crippen molar-refractivity contribution in [1.82, 2.24) is 9.13 Å². The van der Waals surface area contributed by atoms with Gasteiger partial charge >= 0.3 is 0 Å². The first-order valence-electron chi connectivity index (χ1n) is 26.4. The normalized spacial score (nSPS) is 11.4. The van der Waals surface area contributed by atoms with Crippen molar-refractivity contribution in [2.45, 2.75) is 6.92 Å². The molecule has 2 aromatic heterocycles. The smallest absolute Gasteiger partial charge is 0.0542 e. The maximum Gasteiger partial charge on any atom is 0.0542 e. The molecule has 0 saturated heterocycles. The second kappa shape index (κ2) is 19.3. The maximum atomic E-state index is 2.40. The van der Waals surface area contributed by atoms with Gasteiger partial charge in [0.25, 0.3) is 0 Å². The molecule has 0 fully saturated rings. The zero-order valence-electron chi connectivity index (χ0n) is 42.6. The van der Waals surface area contributed by atoms with Crippen LogP contribution in [0.3, 0.4) is 0 Å². The van der Waals surface area contributed by atoms with Crippen molar-refractivity contribution in [2.24, 2.45) is 0 Å². The van der Waals surface area contributed by atoms with Gasteiger partial charge in [0.15, 0.2) is 0 Å². The number of para-hydroxylation sites is 4. The number of nitrogens with zero attached hydrogens (tertiary/aromatic N) is 4. The molecule has 4 heteroatoms. The van der Waals surface area contributed by atoms with E-state index in [-0.39, 0.29) is 0 Å². The lowest BCUT2D eigenvalue weighted by Gasteiger charge is -2.27. The first kappa shape index (κ1) is 45.5. The number of aryl methyl sites for hydroxylation is 1. The van der Waals surface area contributed by atoms with E-state index in [2.05, 4.69) is 323 Å². The van der Waals surface area contributed by atoms with Crippen LogP contribution in [-0.4, -0.2) is 9.13 Å². The molecule has 14 rings (SSSR count). The third-order valence-corrected chi connectivity index (χ3v) is 15.1. The Balaban J connectivity index is 0.860. The van der Waals surface area contributed by atoms with Gasteiger partial charge in [0, 0.05) is 67.0 Å². The molecule has 0 N–H and O–H groups in total. The van der Waals surface area contributed by atoms with Gasteiger partial charge in [-0.2, -0.15) is 0 Å². The van der Waals surface area contributed by atoms with Gasteiger partial charge in [0.2, 0.25) is 0 Å². The minimum Gasteiger partial charge on any atom is -0.310 e. The molecule has 12 aromatic carbocycles. The number of fused-ring (bicyclic) bond motifs is 6. The van der Waals surface area contributed by atoms with Gasteiger partial charge in [-0.1, -0.05) is 181 Å². The molecule has 4 nitrogen and oxygen atoms in total. The molecule has 0 spiro atoms. The largest absolute Gasteiger partial charge is 0.310 e. The molecule has 0 aliphatic carbocycles. The Labute approximate surface area is 448 Å². The predicted octanol–water partition coefficient (Wildman–Crippen LogP) is 20.1. The van der Waals surface area contributed by atoms with Crippen molar-refractivity contribution in [3.63, 3.8) is 0 Å². The quantitative estimate of drug-likeness (QED) is 0.128. The van der Waals surface area contributed by atoms with Crippen molar-refractivity contribution in [3.05, 3.63) is 303 Å². The number of anilines is 6. The highest BCUT2D eigenvalue weighted by Gasteiger charge is 2.21. The number of hydrogen-bond acceptors (Lipinski definition) is 2. The van der Waals surface area contributed by atoms with Crippen LogP contribution in [0.15, 0.2) is 297 Å². The second-order valence-corrected chi connectivity index (χ2v) is 19.9. The monoisotopic (exact) mass is 984 g/mol. The third kappa shape index (κ3) is 8.30. The standard InChI is InChI=1S/C73H52N4/c1-51-18-15-21-55(46-51)57-23-17-29-63(48-57)75(65-43-45-73-69(50-65)67-31-12-14-33-71(67)77(73)59-26-9-4-10-27-59)61-40-36-54(37-41-61)53-34-38-60(39-35-53)74(62-28-16-22-56(47-62)52-19-5-2-6-20-52)64-42-44-72-68(49-64)66-30-11-13-32-70(66)76(72)58-24-7-3-8-25-58/h2-50H,1H3. The highest BCUT2D eigenvalue weighted by molar-refractivity contribution is 6.12. The Morgan fingerprint density at radius 1 is 0.221 bits per heavy atom. The minimum absolute atomic E-state index is 1.07. The van der Waals surface area contributed by atoms with Gasteiger partial charge < -0.3 is 18.9 Å². The molecule has 14 aromatic rings. The van der Waals surface area contributed by atoms with E-state index < -0.39 is 0 Å². The molecule has 77 heavy (non-hydrogen) atoms. The Hall–Kier alpha value is -10.2. The zero-order chi connectivity index (χ0) is 51.2. The summed E-state index contributed by atoms with van der Waals surface area (Å²) in [6.45, 7) is 2.16. The third-order valence-electron chi connectivity index (χ3n) is 15.1. The lowest BCUT2D eigenvalue weighted by atomic mass is 10.0. The van der Waals surface area contributed by atoms with Crippen LogP contribution >= 0.6 is 0 Å². The minimum atomic E-state index is 1.07. The van der Waals surface area contributed by atoms with E-state index in [1.54, 1.807) is 0 Å². The van der Waals surface area contributed by atoms with Crippen LogP contribution in [0, 0.1) is 6.92 Å². The van der Waals surface area contributed by atoms with Crippen molar-refractivity contribution in [1.29, 1.82) is 0 Å². The van der Waals surface area contributed by atoms with E-state index in [9.17, 15) is 0 Å². The molecule has 0 atom stereocenters. The van der Waals surface area contributed by atoms with Gasteiger partial charge in [0.1, 0.15) is 0 Å². The first-order valence-corrected chi connectivity index (χ1v) is 26.4. The Morgan fingerprint density at radius 3 is 1.03 bits per heavy atom. The number of benzene rings is 12. The van der Waals surface area contributed by atoms with E-state index in [0.29, 0.717) is 0 Å². The summed E-state index contributed by atoms with van der Waals surface area (Å²) in [6.07, 6.45) is 0. The predicted molar refractivity (Wildman–Crippen MR) is 326 cm³/mol. The topological polar surface area (TPSA) is 16.3 Å². The molecule has 0 radical (unpaired) electrons. The number of hydrogen-bond donors (Lipinski definition) is 0. The molecular formula is C73H52N4. The fraction of sp³-hybridized carbons (Fsp3) is 0.0137. The molecule has 364 valence electrons. The summed E-state index contributed by atoms with van der Waals surface area (Å²) in [5.74, 6) is 0. The van der Waals surface area contributed by atoms with Gasteiger partial charge in [0.05, 0.1) is 22.1 Å². The summed E-state index contributed by atoms with van der Waals surface area (Å²) in [4.78, 5) is 4.79. The molecule has 0 bridgehead atoms. The Kier molecular flexibility index (Phi) is 11.4. The molecule has 0 aliphatic heterocycles. The summed E-state index contributed by atoms with van der Waals surface area (Å²) in [7, 11) is 0. The number of aromatic nitrogens is 2. The second-order valence-electron chi connectivity index (χ2n) is 19.9. The fourth-order valence-electron chi connectivity index (χ4n) is 11.5. The highest BCUT2D eigenvalue weighted by atomic mass is 15.1. The van der Waals surface area contributed by atoms with E-state index in [1.165, 1.54) is 71.4 Å². The molecule has 0 unspecified atom stereocenters. The van der Waals surface area contributed by atoms with E-state index in [0.717, 1.165) is 56.6 Å². The van der Waals surface area contributed by atoms with Crippen LogP contribution in [0.4, 0.5) is 34.1 Å². The average Bonchev–Trinajstić information content (AvgIpc) is 4.12. The SMILES string of the molecule is Cc1cccc(-c2cccc(N(c3ccc(-c4ccc(N(c5cccc(-c6ccccc6)c5)c5ccc6c(c5)c5ccccc5n6-c5ccccc5)cc4)cc3)c3ccc4c(c3)c3ccccc3n4-c3ccccc3)c2)c1. The first-order chi connectivity index (χ1) is 38.1. The molecular weight excluding hydrogens is 933 g/mol. The Morgan fingerprint density at radius 2 is 0.558 bits per heavy atom. The number of rotatable bonds is 11. The van der Waals surface area contributed by atoms with Crippen LogP contribution in [0.1, 0.15) is 5.56 Å². The summed E-state index contributed by atoms with van der Waals surface area (Å²) in [5.41, 5.74) is 21.8. The average molecular weight is 985 g/mol. The van der Waals surface area contributed by atoms with E-state index in [1.807, 2.05) is 0 Å².